The van der Waals surface area contributed by atoms with Gasteiger partial charge in [-0.3, -0.25) is 0 Å². The van der Waals surface area contributed by atoms with Crippen LogP contribution in [0.4, 0.5) is 13.2 Å². The van der Waals surface area contributed by atoms with Gasteiger partial charge in [0.2, 0.25) is 0 Å². The van der Waals surface area contributed by atoms with Gasteiger partial charge >= 0.3 is 0 Å². The Labute approximate surface area is 43.6 Å². The molecule has 42 valence electrons. The molecule has 7 heavy (non-hydrogen) atoms. The predicted molar refractivity (Wildman–Crippen MR) is 21.0 cm³/mol. The molecule has 0 radical (unpaired) electrons. The Morgan fingerprint density at radius 1 is 1.57 bits per heavy atom. The molecule has 0 spiro atoms. The van der Waals surface area contributed by atoms with Gasteiger partial charge in [-0.15, -0.1) is 0 Å². The number of halogens is 4. The third-order valence-corrected chi connectivity index (χ3v) is 0.378. The molecule has 0 aromatic heterocycles. The highest BCUT2D eigenvalue weighted by Gasteiger charge is 1.96. The number of allylic oxidation sites excluding steroid dienone is 1. The van der Waals surface area contributed by atoms with Crippen molar-refractivity contribution in [2.24, 2.45) is 0 Å². The minimum atomic E-state index is -2.79. The van der Waals surface area contributed by atoms with Gasteiger partial charge in [-0.05, 0) is 0 Å². The Hall–Kier alpha value is -0.180. The Morgan fingerprint density at radius 2 is 2.00 bits per heavy atom. The molecule has 0 unspecified atom stereocenters. The summed E-state index contributed by atoms with van der Waals surface area (Å²) in [5.74, 6) is 0. The van der Waals surface area contributed by atoms with Crippen LogP contribution in [0.2, 0.25) is 0 Å². The second kappa shape index (κ2) is 2.91. The topological polar surface area (TPSA) is 0 Å². The molecule has 0 saturated heterocycles. The van der Waals surface area contributed by atoms with Crippen LogP contribution in [0.1, 0.15) is 0 Å². The number of alkyl halides is 2. The molecule has 0 aliphatic heterocycles. The molecular formula is C3H2ClF3. The fourth-order valence-electron chi connectivity index (χ4n) is 0.0952. The molecule has 0 fully saturated rings. The molecule has 0 nitrogen and oxygen atoms in total. The molecule has 0 aliphatic rings. The van der Waals surface area contributed by atoms with Crippen LogP contribution in [0, 0.1) is 0 Å². The maximum absolute atomic E-state index is 11.1. The average Bonchev–Trinajstić information content (AvgIpc) is 1.27. The van der Waals surface area contributed by atoms with Gasteiger partial charge in [0.05, 0.1) is 0 Å². The van der Waals surface area contributed by atoms with E-state index < -0.39 is 11.7 Å². The summed E-state index contributed by atoms with van der Waals surface area (Å²) >= 11 is 4.39. The summed E-state index contributed by atoms with van der Waals surface area (Å²) in [6.07, 6.45) is -2.78. The van der Waals surface area contributed by atoms with Crippen LogP contribution in [0.25, 0.3) is 0 Å². The second-order valence-electron chi connectivity index (χ2n) is 0.791. The van der Waals surface area contributed by atoms with Gasteiger partial charge in [0.25, 0.3) is 6.43 Å². The smallest absolute Gasteiger partial charge is 0.206 e. The highest BCUT2D eigenvalue weighted by atomic mass is 35.5. The Morgan fingerprint density at radius 3 is 2.00 bits per heavy atom. The van der Waals surface area contributed by atoms with Gasteiger partial charge in [-0.1, -0.05) is 11.6 Å². The summed E-state index contributed by atoms with van der Waals surface area (Å²) in [5.41, 5.74) is 0. The van der Waals surface area contributed by atoms with Crippen molar-refractivity contribution in [3.8, 4) is 0 Å². The van der Waals surface area contributed by atoms with Crippen LogP contribution in [0.15, 0.2) is 11.4 Å². The third-order valence-electron chi connectivity index (χ3n) is 0.252. The lowest BCUT2D eigenvalue weighted by Crippen LogP contribution is -1.79. The van der Waals surface area contributed by atoms with E-state index in [1.54, 1.807) is 0 Å². The lowest BCUT2D eigenvalue weighted by Gasteiger charge is -1.81. The van der Waals surface area contributed by atoms with E-state index in [4.69, 9.17) is 0 Å². The van der Waals surface area contributed by atoms with Gasteiger partial charge in [-0.2, -0.15) is 4.39 Å². The van der Waals surface area contributed by atoms with Crippen molar-refractivity contribution in [2.75, 3.05) is 0 Å². The summed E-state index contributed by atoms with van der Waals surface area (Å²) < 4.78 is 32.9. The van der Waals surface area contributed by atoms with Crippen molar-refractivity contribution in [3.05, 3.63) is 11.4 Å². The molecule has 0 rings (SSSR count). The molecule has 0 aromatic rings. The fourth-order valence-corrected chi connectivity index (χ4v) is 0.190. The molecule has 0 aromatic carbocycles. The monoisotopic (exact) mass is 130 g/mol. The first kappa shape index (κ1) is 6.82. The third kappa shape index (κ3) is 5.82. The number of rotatable bonds is 1. The molecular weight excluding hydrogens is 128 g/mol. The Bertz CT molecular complexity index is 74.2. The zero-order valence-electron chi connectivity index (χ0n) is 3.17. The van der Waals surface area contributed by atoms with Crippen LogP contribution in [-0.4, -0.2) is 6.43 Å². The zero-order valence-corrected chi connectivity index (χ0v) is 3.92. The summed E-state index contributed by atoms with van der Waals surface area (Å²) in [4.78, 5) is 0. The van der Waals surface area contributed by atoms with E-state index in [0.29, 0.717) is 0 Å². The maximum atomic E-state index is 11.1. The quantitative estimate of drug-likeness (QED) is 0.511. The second-order valence-corrected chi connectivity index (χ2v) is 1.15. The van der Waals surface area contributed by atoms with Gasteiger partial charge < -0.3 is 0 Å². The fraction of sp³-hybridized carbons (Fsp3) is 0.333. The van der Waals surface area contributed by atoms with Gasteiger partial charge in [-0.25, -0.2) is 8.78 Å². The zero-order chi connectivity index (χ0) is 5.86. The van der Waals surface area contributed by atoms with E-state index in [2.05, 4.69) is 11.6 Å². The first-order valence-electron chi connectivity index (χ1n) is 1.44. The van der Waals surface area contributed by atoms with Crippen LogP contribution in [0.5, 0.6) is 0 Å². The molecule has 0 amide bonds. The first-order valence-corrected chi connectivity index (χ1v) is 1.81. The van der Waals surface area contributed by atoms with Gasteiger partial charge in [0, 0.05) is 6.08 Å². The highest BCUT2D eigenvalue weighted by Crippen LogP contribution is 2.05. The van der Waals surface area contributed by atoms with E-state index >= 15 is 0 Å². The summed E-state index contributed by atoms with van der Waals surface area (Å²) in [6, 6.07) is 0. The maximum Gasteiger partial charge on any atom is 0.261 e. The van der Waals surface area contributed by atoms with Crippen molar-refractivity contribution < 1.29 is 13.2 Å². The molecule has 0 heterocycles. The standard InChI is InChI=1S/C3H2ClF3/c4-2(5)1-3(6)7/h1,3H. The molecule has 0 atom stereocenters. The van der Waals surface area contributed by atoms with Crippen molar-refractivity contribution in [1.82, 2.24) is 0 Å². The molecule has 4 heteroatoms. The SMILES string of the molecule is FC(Cl)=CC(F)F. The van der Waals surface area contributed by atoms with E-state index in [0.717, 1.165) is 0 Å². The molecule has 0 saturated carbocycles. The predicted octanol–water partition coefficient (Wildman–Crippen LogP) is 2.30. The Balaban J connectivity index is 3.45. The molecule has 0 aliphatic carbocycles. The molecule has 0 bridgehead atoms. The lowest BCUT2D eigenvalue weighted by atomic mass is 10.7. The largest absolute Gasteiger partial charge is 0.261 e. The lowest BCUT2D eigenvalue weighted by molar-refractivity contribution is 0.202. The van der Waals surface area contributed by atoms with Crippen LogP contribution in [0.3, 0.4) is 0 Å². The van der Waals surface area contributed by atoms with Crippen molar-refractivity contribution in [3.63, 3.8) is 0 Å². The summed E-state index contributed by atoms with van der Waals surface area (Å²) in [6.45, 7) is 0. The Kier molecular flexibility index (Phi) is 2.83. The first-order chi connectivity index (χ1) is 3.13. The average molecular weight is 130 g/mol. The highest BCUT2D eigenvalue weighted by molar-refractivity contribution is 6.28. The van der Waals surface area contributed by atoms with E-state index in [9.17, 15) is 13.2 Å². The van der Waals surface area contributed by atoms with Crippen LogP contribution < -0.4 is 0 Å². The van der Waals surface area contributed by atoms with Crippen molar-refractivity contribution >= 4 is 11.6 Å². The van der Waals surface area contributed by atoms with Crippen LogP contribution in [-0.2, 0) is 0 Å². The molecule has 0 N–H and O–H groups in total. The van der Waals surface area contributed by atoms with Gasteiger partial charge in [0.15, 0.2) is 5.29 Å². The van der Waals surface area contributed by atoms with Crippen molar-refractivity contribution in [1.29, 1.82) is 0 Å². The van der Waals surface area contributed by atoms with E-state index in [-0.39, 0.29) is 6.08 Å². The summed E-state index contributed by atoms with van der Waals surface area (Å²) in [7, 11) is 0. The summed E-state index contributed by atoms with van der Waals surface area (Å²) in [5, 5.41) is -1.37. The number of hydrogen-bond acceptors (Lipinski definition) is 0. The van der Waals surface area contributed by atoms with Crippen molar-refractivity contribution in [2.45, 2.75) is 6.43 Å². The van der Waals surface area contributed by atoms with Crippen LogP contribution >= 0.6 is 11.6 Å². The van der Waals surface area contributed by atoms with Gasteiger partial charge in [0.1, 0.15) is 0 Å². The minimum absolute atomic E-state index is 0.0154. The number of hydrogen-bond donors (Lipinski definition) is 0. The minimum Gasteiger partial charge on any atom is -0.206 e. The normalized spacial score (nSPS) is 13.0. The van der Waals surface area contributed by atoms with E-state index in [1.165, 1.54) is 0 Å². The van der Waals surface area contributed by atoms with E-state index in [1.807, 2.05) is 0 Å².